The standard InChI is InChI=1S/C18H20F2N2O2/c1-22(11-13-7-8-17(24-2)16(20)9-13)12-18(23)21-10-14-5-3-4-6-15(14)19/h3-9H,10-12H2,1-2H3,(H,21,23). The van der Waals surface area contributed by atoms with Crippen LogP contribution in [0.15, 0.2) is 42.5 Å². The summed E-state index contributed by atoms with van der Waals surface area (Å²) in [5, 5.41) is 2.67. The van der Waals surface area contributed by atoms with Gasteiger partial charge in [0.05, 0.1) is 13.7 Å². The topological polar surface area (TPSA) is 41.6 Å². The first-order chi connectivity index (χ1) is 11.5. The number of nitrogens with zero attached hydrogens (tertiary/aromatic N) is 1. The van der Waals surface area contributed by atoms with Crippen molar-refractivity contribution >= 4 is 5.91 Å². The number of benzene rings is 2. The van der Waals surface area contributed by atoms with Crippen LogP contribution < -0.4 is 10.1 Å². The monoisotopic (exact) mass is 334 g/mol. The van der Waals surface area contributed by atoms with Crippen LogP contribution in [0.4, 0.5) is 8.78 Å². The number of nitrogens with one attached hydrogen (secondary N) is 1. The maximum absolute atomic E-state index is 13.7. The summed E-state index contributed by atoms with van der Waals surface area (Å²) in [6, 6.07) is 11.0. The summed E-state index contributed by atoms with van der Waals surface area (Å²) in [7, 11) is 3.16. The summed E-state index contributed by atoms with van der Waals surface area (Å²) in [5.74, 6) is -0.828. The average Bonchev–Trinajstić information content (AvgIpc) is 2.54. The van der Waals surface area contributed by atoms with Crippen molar-refractivity contribution in [2.45, 2.75) is 13.1 Å². The molecule has 0 radical (unpaired) electrons. The van der Waals surface area contributed by atoms with Gasteiger partial charge in [-0.25, -0.2) is 8.78 Å². The molecule has 4 nitrogen and oxygen atoms in total. The fourth-order valence-corrected chi connectivity index (χ4v) is 2.31. The molecule has 0 aliphatic rings. The van der Waals surface area contributed by atoms with E-state index < -0.39 is 5.82 Å². The van der Waals surface area contributed by atoms with Crippen LogP contribution in [-0.4, -0.2) is 31.5 Å². The summed E-state index contributed by atoms with van der Waals surface area (Å²) in [5.41, 5.74) is 1.17. The van der Waals surface area contributed by atoms with Crippen molar-refractivity contribution in [3.8, 4) is 5.75 Å². The molecule has 0 bridgehead atoms. The molecule has 0 saturated heterocycles. The van der Waals surface area contributed by atoms with Gasteiger partial charge in [0.1, 0.15) is 5.82 Å². The number of amides is 1. The molecule has 0 atom stereocenters. The van der Waals surface area contributed by atoms with Crippen molar-refractivity contribution < 1.29 is 18.3 Å². The van der Waals surface area contributed by atoms with Crippen LogP contribution in [0.2, 0.25) is 0 Å². The molecule has 0 heterocycles. The summed E-state index contributed by atoms with van der Waals surface area (Å²) < 4.78 is 32.0. The molecule has 0 aliphatic heterocycles. The lowest BCUT2D eigenvalue weighted by Gasteiger charge is -2.17. The zero-order chi connectivity index (χ0) is 17.5. The molecule has 0 spiro atoms. The highest BCUT2D eigenvalue weighted by Gasteiger charge is 2.10. The van der Waals surface area contributed by atoms with E-state index in [-0.39, 0.29) is 30.6 Å². The van der Waals surface area contributed by atoms with Gasteiger partial charge in [0, 0.05) is 18.7 Å². The van der Waals surface area contributed by atoms with Crippen LogP contribution in [0.25, 0.3) is 0 Å². The van der Waals surface area contributed by atoms with Gasteiger partial charge in [0.15, 0.2) is 11.6 Å². The van der Waals surface area contributed by atoms with Gasteiger partial charge < -0.3 is 10.1 Å². The second kappa shape index (κ2) is 8.40. The highest BCUT2D eigenvalue weighted by molar-refractivity contribution is 5.77. The van der Waals surface area contributed by atoms with Crippen molar-refractivity contribution in [3.63, 3.8) is 0 Å². The second-order valence-corrected chi connectivity index (χ2v) is 5.51. The van der Waals surface area contributed by atoms with Gasteiger partial charge in [0.2, 0.25) is 5.91 Å². The molecule has 0 saturated carbocycles. The Labute approximate surface area is 140 Å². The van der Waals surface area contributed by atoms with E-state index in [9.17, 15) is 13.6 Å². The summed E-state index contributed by atoms with van der Waals surface area (Å²) in [6.45, 7) is 0.673. The molecular weight excluding hydrogens is 314 g/mol. The van der Waals surface area contributed by atoms with E-state index in [1.165, 1.54) is 19.2 Å². The van der Waals surface area contributed by atoms with Gasteiger partial charge in [-0.3, -0.25) is 9.69 Å². The number of halogens is 2. The Morgan fingerprint density at radius 3 is 2.58 bits per heavy atom. The van der Waals surface area contributed by atoms with Gasteiger partial charge >= 0.3 is 0 Å². The minimum atomic E-state index is -0.438. The van der Waals surface area contributed by atoms with E-state index in [2.05, 4.69) is 5.32 Å². The smallest absolute Gasteiger partial charge is 0.234 e. The van der Waals surface area contributed by atoms with Crippen molar-refractivity contribution in [1.29, 1.82) is 0 Å². The van der Waals surface area contributed by atoms with Crippen LogP contribution in [0.1, 0.15) is 11.1 Å². The van der Waals surface area contributed by atoms with Gasteiger partial charge in [-0.1, -0.05) is 24.3 Å². The van der Waals surface area contributed by atoms with E-state index >= 15 is 0 Å². The predicted octanol–water partition coefficient (Wildman–Crippen LogP) is 2.72. The molecule has 0 fully saturated rings. The van der Waals surface area contributed by atoms with E-state index in [1.807, 2.05) is 0 Å². The molecule has 6 heteroatoms. The lowest BCUT2D eigenvalue weighted by Crippen LogP contribution is -2.34. The Balaban J connectivity index is 1.83. The largest absolute Gasteiger partial charge is 0.494 e. The fourth-order valence-electron chi connectivity index (χ4n) is 2.31. The summed E-state index contributed by atoms with van der Waals surface area (Å²) in [6.07, 6.45) is 0. The van der Waals surface area contributed by atoms with E-state index in [1.54, 1.807) is 42.3 Å². The second-order valence-electron chi connectivity index (χ2n) is 5.51. The Kier molecular flexibility index (Phi) is 6.26. The zero-order valence-electron chi connectivity index (χ0n) is 13.7. The number of hydrogen-bond acceptors (Lipinski definition) is 3. The van der Waals surface area contributed by atoms with Crippen molar-refractivity contribution in [2.24, 2.45) is 0 Å². The first kappa shape index (κ1) is 17.9. The lowest BCUT2D eigenvalue weighted by atomic mass is 10.2. The average molecular weight is 334 g/mol. The van der Waals surface area contributed by atoms with Gasteiger partial charge in [-0.2, -0.15) is 0 Å². The third-order valence-corrected chi connectivity index (χ3v) is 3.52. The molecular formula is C18H20F2N2O2. The highest BCUT2D eigenvalue weighted by atomic mass is 19.1. The Hall–Kier alpha value is -2.47. The lowest BCUT2D eigenvalue weighted by molar-refractivity contribution is -0.122. The van der Waals surface area contributed by atoms with Crippen molar-refractivity contribution in [3.05, 3.63) is 65.2 Å². The van der Waals surface area contributed by atoms with Crippen LogP contribution in [-0.2, 0) is 17.9 Å². The van der Waals surface area contributed by atoms with E-state index in [4.69, 9.17) is 4.74 Å². The number of hydrogen-bond donors (Lipinski definition) is 1. The highest BCUT2D eigenvalue weighted by Crippen LogP contribution is 2.18. The SMILES string of the molecule is COc1ccc(CN(C)CC(=O)NCc2ccccc2F)cc1F. The number of methoxy groups -OCH3 is 1. The molecule has 2 aromatic carbocycles. The van der Waals surface area contributed by atoms with Crippen LogP contribution in [0, 0.1) is 11.6 Å². The Morgan fingerprint density at radius 2 is 1.92 bits per heavy atom. The van der Waals surface area contributed by atoms with E-state index in [0.29, 0.717) is 12.1 Å². The van der Waals surface area contributed by atoms with Gasteiger partial charge in [-0.15, -0.1) is 0 Å². The molecule has 24 heavy (non-hydrogen) atoms. The minimum Gasteiger partial charge on any atom is -0.494 e. The molecule has 1 N–H and O–H groups in total. The first-order valence-corrected chi connectivity index (χ1v) is 7.50. The molecule has 0 aromatic heterocycles. The quantitative estimate of drug-likeness (QED) is 0.846. The fraction of sp³-hybridized carbons (Fsp3) is 0.278. The first-order valence-electron chi connectivity index (χ1n) is 7.50. The third-order valence-electron chi connectivity index (χ3n) is 3.52. The zero-order valence-corrected chi connectivity index (χ0v) is 13.7. The molecule has 2 aromatic rings. The Morgan fingerprint density at radius 1 is 1.17 bits per heavy atom. The van der Waals surface area contributed by atoms with Gasteiger partial charge in [-0.05, 0) is 30.8 Å². The number of rotatable bonds is 7. The van der Waals surface area contributed by atoms with Gasteiger partial charge in [0.25, 0.3) is 0 Å². The van der Waals surface area contributed by atoms with Crippen LogP contribution in [0.5, 0.6) is 5.75 Å². The van der Waals surface area contributed by atoms with E-state index in [0.717, 1.165) is 5.56 Å². The summed E-state index contributed by atoms with van der Waals surface area (Å²) in [4.78, 5) is 13.7. The van der Waals surface area contributed by atoms with Crippen molar-refractivity contribution in [2.75, 3.05) is 20.7 Å². The number of carbonyl (C=O) groups excluding carboxylic acids is 1. The van der Waals surface area contributed by atoms with Crippen LogP contribution in [0.3, 0.4) is 0 Å². The van der Waals surface area contributed by atoms with Crippen LogP contribution >= 0.6 is 0 Å². The number of ether oxygens (including phenoxy) is 1. The molecule has 2 rings (SSSR count). The number of carbonyl (C=O) groups is 1. The predicted molar refractivity (Wildman–Crippen MR) is 87.5 cm³/mol. The maximum Gasteiger partial charge on any atom is 0.234 e. The molecule has 0 unspecified atom stereocenters. The summed E-state index contributed by atoms with van der Waals surface area (Å²) >= 11 is 0. The molecule has 1 amide bonds. The minimum absolute atomic E-state index is 0.127. The maximum atomic E-state index is 13.7. The Bertz CT molecular complexity index is 707. The molecule has 0 aliphatic carbocycles. The normalized spacial score (nSPS) is 10.7. The van der Waals surface area contributed by atoms with Crippen molar-refractivity contribution in [1.82, 2.24) is 10.2 Å². The third kappa shape index (κ3) is 5.03. The number of likely N-dealkylation sites (N-methyl/N-ethyl adjacent to an activating group) is 1. The molecule has 128 valence electrons.